The summed E-state index contributed by atoms with van der Waals surface area (Å²) >= 11 is 16.7. The van der Waals surface area contributed by atoms with E-state index in [1.165, 1.54) is 10.9 Å². The molecule has 0 saturated carbocycles. The first-order valence-electron chi connectivity index (χ1n) is 8.26. The minimum atomic E-state index is 0.0307. The van der Waals surface area contributed by atoms with Crippen LogP contribution in [0.1, 0.15) is 29.7 Å². The van der Waals surface area contributed by atoms with Gasteiger partial charge in [-0.15, -0.1) is 0 Å². The number of halogens is 3. The molecule has 3 unspecified atom stereocenters. The second-order valence-electron chi connectivity index (χ2n) is 6.64. The van der Waals surface area contributed by atoms with Gasteiger partial charge >= 0.3 is 0 Å². The summed E-state index contributed by atoms with van der Waals surface area (Å²) in [6.07, 6.45) is 3.12. The lowest BCUT2D eigenvalue weighted by molar-refractivity contribution is 0.0809. The van der Waals surface area contributed by atoms with E-state index in [4.69, 9.17) is 28.1 Å². The molecule has 0 spiro atoms. The molecule has 3 nitrogen and oxygen atoms in total. The maximum absolute atomic E-state index is 6.88. The van der Waals surface area contributed by atoms with Crippen LogP contribution in [0.4, 0.5) is 5.69 Å². The molecule has 0 radical (unpaired) electrons. The molecule has 0 amide bonds. The number of anilines is 1. The van der Waals surface area contributed by atoms with Gasteiger partial charge in [-0.05, 0) is 36.8 Å². The molecule has 1 N–H and O–H groups in total. The van der Waals surface area contributed by atoms with Crippen LogP contribution in [0.3, 0.4) is 0 Å². The molecular weight excluding hydrogens is 423 g/mol. The number of hydrogen-bond donors (Lipinski definition) is 1. The van der Waals surface area contributed by atoms with Gasteiger partial charge in [-0.1, -0.05) is 33.6 Å². The van der Waals surface area contributed by atoms with E-state index in [0.717, 1.165) is 34.3 Å². The summed E-state index contributed by atoms with van der Waals surface area (Å²) in [5.74, 6) is 0.309. The monoisotopic (exact) mass is 436 g/mol. The SMILES string of the molecule is Clc1ccc2c(c1)N(Cl)C(c1c[nH]c3ccc(Br)cc13)C1CCOC21. The third kappa shape index (κ3) is 2.42. The molecule has 2 aliphatic heterocycles. The summed E-state index contributed by atoms with van der Waals surface area (Å²) in [5, 5.41) is 1.86. The molecule has 0 aliphatic carbocycles. The molecule has 0 bridgehead atoms. The Morgan fingerprint density at radius 2 is 2.04 bits per heavy atom. The van der Waals surface area contributed by atoms with Crippen LogP contribution in [0.15, 0.2) is 47.1 Å². The fraction of sp³-hybridized carbons (Fsp3) is 0.263. The van der Waals surface area contributed by atoms with Crippen LogP contribution in [-0.4, -0.2) is 11.6 Å². The van der Waals surface area contributed by atoms with Crippen molar-refractivity contribution >= 4 is 55.9 Å². The summed E-state index contributed by atoms with van der Waals surface area (Å²) in [4.78, 5) is 3.38. The maximum atomic E-state index is 6.88. The number of ether oxygens (including phenoxy) is 1. The normalized spacial score (nSPS) is 25.2. The van der Waals surface area contributed by atoms with Gasteiger partial charge in [0.25, 0.3) is 0 Å². The van der Waals surface area contributed by atoms with Crippen LogP contribution in [0.25, 0.3) is 10.9 Å². The first kappa shape index (κ1) is 16.0. The lowest BCUT2D eigenvalue weighted by Gasteiger charge is -2.40. The number of aromatic amines is 1. The third-order valence-corrected chi connectivity index (χ3v) is 6.43. The van der Waals surface area contributed by atoms with Crippen LogP contribution >= 0.6 is 39.3 Å². The number of hydrogen-bond acceptors (Lipinski definition) is 2. The highest BCUT2D eigenvalue weighted by Gasteiger charge is 2.45. The molecule has 25 heavy (non-hydrogen) atoms. The van der Waals surface area contributed by atoms with Gasteiger partial charge in [0.1, 0.15) is 0 Å². The summed E-state index contributed by atoms with van der Waals surface area (Å²) in [6, 6.07) is 12.2. The average molecular weight is 438 g/mol. The Bertz CT molecular complexity index is 973. The Labute approximate surface area is 164 Å². The molecule has 3 heterocycles. The Kier molecular flexibility index (Phi) is 3.79. The van der Waals surface area contributed by atoms with Crippen LogP contribution < -0.4 is 4.42 Å². The first-order chi connectivity index (χ1) is 12.1. The van der Waals surface area contributed by atoms with E-state index in [0.29, 0.717) is 10.9 Å². The topological polar surface area (TPSA) is 28.3 Å². The van der Waals surface area contributed by atoms with Crippen molar-refractivity contribution in [2.45, 2.75) is 18.6 Å². The summed E-state index contributed by atoms with van der Waals surface area (Å²) in [7, 11) is 0. The minimum absolute atomic E-state index is 0.0307. The van der Waals surface area contributed by atoms with Crippen molar-refractivity contribution in [3.8, 4) is 0 Å². The molecule has 1 aromatic heterocycles. The van der Waals surface area contributed by atoms with Crippen LogP contribution in [0.2, 0.25) is 5.02 Å². The van der Waals surface area contributed by atoms with E-state index < -0.39 is 0 Å². The van der Waals surface area contributed by atoms with Crippen molar-refractivity contribution in [2.75, 3.05) is 11.0 Å². The zero-order valence-electron chi connectivity index (χ0n) is 13.2. The molecule has 1 fully saturated rings. The van der Waals surface area contributed by atoms with E-state index in [1.54, 1.807) is 0 Å². The van der Waals surface area contributed by atoms with Crippen molar-refractivity contribution in [2.24, 2.45) is 5.92 Å². The molecule has 3 atom stereocenters. The smallest absolute Gasteiger partial charge is 0.0897 e. The Morgan fingerprint density at radius 1 is 1.16 bits per heavy atom. The van der Waals surface area contributed by atoms with Gasteiger partial charge in [0.05, 0.1) is 17.8 Å². The Morgan fingerprint density at radius 3 is 2.92 bits per heavy atom. The number of fused-ring (bicyclic) bond motifs is 4. The standard InChI is InChI=1S/C19H15BrCl2N2O/c20-10-1-4-16-14(7-10)15(9-23-16)18-13-5-6-25-19(13)12-3-2-11(21)8-17(12)24(18)22/h1-4,7-9,13,18-19,23H,5-6H2. The number of nitrogens with one attached hydrogen (secondary N) is 1. The van der Waals surface area contributed by atoms with Gasteiger partial charge in [-0.2, -0.15) is 0 Å². The largest absolute Gasteiger partial charge is 0.373 e. The minimum Gasteiger partial charge on any atom is -0.373 e. The van der Waals surface area contributed by atoms with E-state index >= 15 is 0 Å². The average Bonchev–Trinajstić information content (AvgIpc) is 3.23. The first-order valence-corrected chi connectivity index (χ1v) is 9.77. The quantitative estimate of drug-likeness (QED) is 0.447. The Hall–Kier alpha value is -1.20. The van der Waals surface area contributed by atoms with Gasteiger partial charge in [0, 0.05) is 62.0 Å². The lowest BCUT2D eigenvalue weighted by Crippen LogP contribution is -2.33. The second-order valence-corrected chi connectivity index (χ2v) is 8.35. The van der Waals surface area contributed by atoms with Crippen molar-refractivity contribution in [3.63, 3.8) is 0 Å². The van der Waals surface area contributed by atoms with Crippen molar-refractivity contribution in [1.29, 1.82) is 0 Å². The highest BCUT2D eigenvalue weighted by Crippen LogP contribution is 2.55. The fourth-order valence-electron chi connectivity index (χ4n) is 4.22. The number of rotatable bonds is 1. The van der Waals surface area contributed by atoms with Crippen molar-refractivity contribution in [1.82, 2.24) is 4.98 Å². The molecule has 3 aromatic rings. The highest BCUT2D eigenvalue weighted by molar-refractivity contribution is 9.10. The second kappa shape index (κ2) is 5.92. The van der Waals surface area contributed by atoms with Crippen molar-refractivity contribution < 1.29 is 4.74 Å². The van der Waals surface area contributed by atoms with Gasteiger partial charge < -0.3 is 9.72 Å². The van der Waals surface area contributed by atoms with Gasteiger partial charge in [0.15, 0.2) is 0 Å². The summed E-state index contributed by atoms with van der Waals surface area (Å²) in [5.41, 5.74) is 4.36. The Balaban J connectivity index is 1.71. The molecule has 2 aromatic carbocycles. The van der Waals surface area contributed by atoms with Crippen molar-refractivity contribution in [3.05, 3.63) is 63.2 Å². The zero-order valence-corrected chi connectivity index (χ0v) is 16.3. The van der Waals surface area contributed by atoms with E-state index in [-0.39, 0.29) is 12.1 Å². The predicted octanol–water partition coefficient (Wildman–Crippen LogP) is 6.38. The molecular formula is C19H15BrCl2N2O. The van der Waals surface area contributed by atoms with E-state index in [2.05, 4.69) is 39.2 Å². The van der Waals surface area contributed by atoms with Gasteiger partial charge in [-0.25, -0.2) is 0 Å². The van der Waals surface area contributed by atoms with E-state index in [9.17, 15) is 0 Å². The summed E-state index contributed by atoms with van der Waals surface area (Å²) in [6.45, 7) is 0.755. The lowest BCUT2D eigenvalue weighted by atomic mass is 9.81. The van der Waals surface area contributed by atoms with E-state index in [1.807, 2.05) is 28.7 Å². The number of benzene rings is 2. The molecule has 1 saturated heterocycles. The highest BCUT2D eigenvalue weighted by atomic mass is 79.9. The van der Waals surface area contributed by atoms with Gasteiger partial charge in [0.2, 0.25) is 0 Å². The third-order valence-electron chi connectivity index (χ3n) is 5.31. The number of H-pyrrole nitrogens is 1. The molecule has 2 aliphatic rings. The van der Waals surface area contributed by atoms with Crippen LogP contribution in [-0.2, 0) is 4.74 Å². The number of aromatic nitrogens is 1. The molecule has 128 valence electrons. The molecule has 5 rings (SSSR count). The fourth-order valence-corrected chi connectivity index (χ4v) is 5.15. The van der Waals surface area contributed by atoms with Gasteiger partial charge in [-0.3, -0.25) is 4.42 Å². The number of nitrogens with zero attached hydrogens (tertiary/aromatic N) is 1. The van der Waals surface area contributed by atoms with Crippen LogP contribution in [0.5, 0.6) is 0 Å². The predicted molar refractivity (Wildman–Crippen MR) is 105 cm³/mol. The summed E-state index contributed by atoms with van der Waals surface area (Å²) < 4.78 is 8.99. The van der Waals surface area contributed by atoms with Crippen LogP contribution in [0, 0.1) is 5.92 Å². The maximum Gasteiger partial charge on any atom is 0.0897 e. The zero-order chi connectivity index (χ0) is 17.1. The molecule has 6 heteroatoms.